The minimum Gasteiger partial charge on any atom is -0.478 e. The van der Waals surface area contributed by atoms with Crippen molar-refractivity contribution in [2.75, 3.05) is 0 Å². The SMILES string of the molecule is Cc1cc(C)cc(-c2cc(F)c(C(=O)O)cc2Cl)c1. The molecule has 0 aliphatic carbocycles. The van der Waals surface area contributed by atoms with Crippen LogP contribution in [0.3, 0.4) is 0 Å². The Kier molecular flexibility index (Phi) is 3.58. The van der Waals surface area contributed by atoms with E-state index < -0.39 is 17.3 Å². The number of carbonyl (C=O) groups is 1. The number of rotatable bonds is 2. The van der Waals surface area contributed by atoms with Crippen molar-refractivity contribution in [2.24, 2.45) is 0 Å². The highest BCUT2D eigenvalue weighted by atomic mass is 35.5. The molecule has 0 aliphatic heterocycles. The molecule has 0 aromatic heterocycles. The zero-order valence-electron chi connectivity index (χ0n) is 10.5. The summed E-state index contributed by atoms with van der Waals surface area (Å²) >= 11 is 6.05. The van der Waals surface area contributed by atoms with E-state index in [9.17, 15) is 9.18 Å². The second-order valence-electron chi connectivity index (χ2n) is 4.49. The molecule has 2 nitrogen and oxygen atoms in total. The second kappa shape index (κ2) is 5.02. The molecule has 0 atom stereocenters. The maximum absolute atomic E-state index is 13.7. The van der Waals surface area contributed by atoms with Crippen LogP contribution in [0.5, 0.6) is 0 Å². The van der Waals surface area contributed by atoms with Gasteiger partial charge in [-0.3, -0.25) is 0 Å². The number of aryl methyl sites for hydroxylation is 2. The summed E-state index contributed by atoms with van der Waals surface area (Å²) in [6.45, 7) is 3.87. The number of carboxylic acid groups (broad SMARTS) is 1. The molecule has 2 rings (SSSR count). The van der Waals surface area contributed by atoms with Crippen LogP contribution in [-0.2, 0) is 0 Å². The van der Waals surface area contributed by atoms with Gasteiger partial charge in [0.05, 0.1) is 5.56 Å². The van der Waals surface area contributed by atoms with Crippen molar-refractivity contribution in [3.8, 4) is 11.1 Å². The summed E-state index contributed by atoms with van der Waals surface area (Å²) in [6, 6.07) is 8.08. The summed E-state index contributed by atoms with van der Waals surface area (Å²) in [5, 5.41) is 9.07. The fraction of sp³-hybridized carbons (Fsp3) is 0.133. The van der Waals surface area contributed by atoms with Crippen LogP contribution < -0.4 is 0 Å². The van der Waals surface area contributed by atoms with Crippen molar-refractivity contribution in [3.05, 3.63) is 57.9 Å². The number of hydrogen-bond donors (Lipinski definition) is 1. The number of halogens is 2. The molecule has 4 heteroatoms. The minimum absolute atomic E-state index is 0.226. The molecular weight excluding hydrogens is 267 g/mol. The lowest BCUT2D eigenvalue weighted by molar-refractivity contribution is 0.0692. The molecule has 19 heavy (non-hydrogen) atoms. The molecule has 1 N–H and O–H groups in total. The van der Waals surface area contributed by atoms with Crippen LogP contribution in [0, 0.1) is 19.7 Å². The average Bonchev–Trinajstić information content (AvgIpc) is 2.30. The molecule has 98 valence electrons. The zero-order valence-corrected chi connectivity index (χ0v) is 11.3. The molecule has 0 radical (unpaired) electrons. The predicted molar refractivity (Wildman–Crippen MR) is 73.3 cm³/mol. The van der Waals surface area contributed by atoms with Crippen LogP contribution in [0.1, 0.15) is 21.5 Å². The number of aromatic carboxylic acids is 1. The van der Waals surface area contributed by atoms with E-state index >= 15 is 0 Å². The Bertz CT molecular complexity index is 645. The summed E-state index contributed by atoms with van der Waals surface area (Å²) < 4.78 is 13.7. The predicted octanol–water partition coefficient (Wildman–Crippen LogP) is 4.46. The Hall–Kier alpha value is -1.87. The lowest BCUT2D eigenvalue weighted by Crippen LogP contribution is -2.01. The summed E-state index contributed by atoms with van der Waals surface area (Å²) in [7, 11) is 0. The summed E-state index contributed by atoms with van der Waals surface area (Å²) in [5.41, 5.74) is 2.93. The van der Waals surface area contributed by atoms with Gasteiger partial charge in [0.15, 0.2) is 0 Å². The molecular formula is C15H12ClFO2. The Balaban J connectivity index is 2.63. The van der Waals surface area contributed by atoms with Gasteiger partial charge in [-0.25, -0.2) is 9.18 Å². The van der Waals surface area contributed by atoms with Crippen LogP contribution in [0.4, 0.5) is 4.39 Å². The van der Waals surface area contributed by atoms with Crippen LogP contribution in [0.2, 0.25) is 5.02 Å². The van der Waals surface area contributed by atoms with Crippen molar-refractivity contribution < 1.29 is 14.3 Å². The van der Waals surface area contributed by atoms with E-state index in [4.69, 9.17) is 16.7 Å². The molecule has 0 saturated carbocycles. The third-order valence-corrected chi connectivity index (χ3v) is 3.13. The molecule has 0 amide bonds. The molecule has 0 unspecified atom stereocenters. The smallest absolute Gasteiger partial charge is 0.338 e. The van der Waals surface area contributed by atoms with Crippen LogP contribution >= 0.6 is 11.6 Å². The van der Waals surface area contributed by atoms with Gasteiger partial charge in [0, 0.05) is 10.6 Å². The van der Waals surface area contributed by atoms with Crippen molar-refractivity contribution >= 4 is 17.6 Å². The quantitative estimate of drug-likeness (QED) is 0.880. The maximum atomic E-state index is 13.7. The van der Waals surface area contributed by atoms with Gasteiger partial charge in [0.2, 0.25) is 0 Å². The van der Waals surface area contributed by atoms with Gasteiger partial charge < -0.3 is 5.11 Å². The van der Waals surface area contributed by atoms with Gasteiger partial charge in [0.1, 0.15) is 5.82 Å². The molecule has 0 saturated heterocycles. The first-order valence-electron chi connectivity index (χ1n) is 5.69. The van der Waals surface area contributed by atoms with Crippen molar-refractivity contribution in [2.45, 2.75) is 13.8 Å². The van der Waals surface area contributed by atoms with Gasteiger partial charge in [-0.2, -0.15) is 0 Å². The third-order valence-electron chi connectivity index (χ3n) is 2.82. The molecule has 0 spiro atoms. The van der Waals surface area contributed by atoms with E-state index in [1.807, 2.05) is 32.0 Å². The zero-order chi connectivity index (χ0) is 14.2. The van der Waals surface area contributed by atoms with E-state index in [0.717, 1.165) is 22.8 Å². The first kappa shape index (κ1) is 13.6. The fourth-order valence-electron chi connectivity index (χ4n) is 2.06. The maximum Gasteiger partial charge on any atom is 0.338 e. The van der Waals surface area contributed by atoms with E-state index in [0.29, 0.717) is 5.56 Å². The normalized spacial score (nSPS) is 10.5. The van der Waals surface area contributed by atoms with Gasteiger partial charge in [-0.15, -0.1) is 0 Å². The van der Waals surface area contributed by atoms with Crippen LogP contribution in [0.15, 0.2) is 30.3 Å². The first-order chi connectivity index (χ1) is 8.88. The third kappa shape index (κ3) is 2.76. The van der Waals surface area contributed by atoms with Crippen LogP contribution in [0.25, 0.3) is 11.1 Å². The van der Waals surface area contributed by atoms with Crippen molar-refractivity contribution in [3.63, 3.8) is 0 Å². The number of benzene rings is 2. The Morgan fingerprint density at radius 2 is 1.68 bits per heavy atom. The van der Waals surface area contributed by atoms with E-state index in [1.165, 1.54) is 6.07 Å². The Morgan fingerprint density at radius 3 is 2.21 bits per heavy atom. The Morgan fingerprint density at radius 1 is 1.11 bits per heavy atom. The summed E-state index contributed by atoms with van der Waals surface area (Å²) in [4.78, 5) is 10.8. The van der Waals surface area contributed by atoms with Gasteiger partial charge in [-0.1, -0.05) is 40.9 Å². The summed E-state index contributed by atoms with van der Waals surface area (Å²) in [5.74, 6) is -2.11. The summed E-state index contributed by atoms with van der Waals surface area (Å²) in [6.07, 6.45) is 0. The highest BCUT2D eigenvalue weighted by Crippen LogP contribution is 2.31. The van der Waals surface area contributed by atoms with E-state index in [1.54, 1.807) is 0 Å². The standard InChI is InChI=1S/C15H12ClFO2/c1-8-3-9(2)5-10(4-8)11-7-14(17)12(15(18)19)6-13(11)16/h3-7H,1-2H3,(H,18,19). The van der Waals surface area contributed by atoms with E-state index in [-0.39, 0.29) is 5.02 Å². The highest BCUT2D eigenvalue weighted by molar-refractivity contribution is 6.33. The lowest BCUT2D eigenvalue weighted by atomic mass is 9.99. The molecule has 0 bridgehead atoms. The molecule has 0 fully saturated rings. The van der Waals surface area contributed by atoms with Gasteiger partial charge in [-0.05, 0) is 31.5 Å². The van der Waals surface area contributed by atoms with Gasteiger partial charge >= 0.3 is 5.97 Å². The monoisotopic (exact) mass is 278 g/mol. The highest BCUT2D eigenvalue weighted by Gasteiger charge is 2.15. The van der Waals surface area contributed by atoms with Crippen LogP contribution in [-0.4, -0.2) is 11.1 Å². The molecule has 2 aromatic rings. The molecule has 0 aliphatic rings. The van der Waals surface area contributed by atoms with Gasteiger partial charge in [0.25, 0.3) is 0 Å². The second-order valence-corrected chi connectivity index (χ2v) is 4.90. The van der Waals surface area contributed by atoms with Crippen molar-refractivity contribution in [1.29, 1.82) is 0 Å². The first-order valence-corrected chi connectivity index (χ1v) is 6.07. The number of hydrogen-bond acceptors (Lipinski definition) is 1. The topological polar surface area (TPSA) is 37.3 Å². The number of carboxylic acids is 1. The lowest BCUT2D eigenvalue weighted by Gasteiger charge is -2.09. The Labute approximate surface area is 115 Å². The fourth-order valence-corrected chi connectivity index (χ4v) is 2.33. The average molecular weight is 279 g/mol. The minimum atomic E-state index is -1.33. The van der Waals surface area contributed by atoms with E-state index in [2.05, 4.69) is 0 Å². The molecule has 0 heterocycles. The largest absolute Gasteiger partial charge is 0.478 e. The van der Waals surface area contributed by atoms with Crippen molar-refractivity contribution in [1.82, 2.24) is 0 Å². The molecule has 2 aromatic carbocycles.